The van der Waals surface area contributed by atoms with Crippen molar-refractivity contribution in [3.63, 3.8) is 0 Å². The Balaban J connectivity index is 2.72. The Labute approximate surface area is 153 Å². The molecule has 1 aliphatic heterocycles. The minimum atomic E-state index is -1.46. The molecule has 0 fully saturated rings. The first-order chi connectivity index (χ1) is 11.8. The lowest BCUT2D eigenvalue weighted by Gasteiger charge is -2.38. The lowest BCUT2D eigenvalue weighted by atomic mass is 9.79. The SMILES string of the molecule is COc1cc2c(cc1OC)C(C(OC)(OC)O[Si])=N[C@H](C(C)(C)C)C2. The summed E-state index contributed by atoms with van der Waals surface area (Å²) in [6, 6.07) is 3.88. The van der Waals surface area contributed by atoms with Gasteiger partial charge in [0.2, 0.25) is 0 Å². The van der Waals surface area contributed by atoms with Crippen molar-refractivity contribution in [2.45, 2.75) is 39.2 Å². The molecule has 2 rings (SSSR count). The zero-order chi connectivity index (χ0) is 18.8. The van der Waals surface area contributed by atoms with Crippen molar-refractivity contribution in [1.82, 2.24) is 0 Å². The van der Waals surface area contributed by atoms with E-state index in [0.29, 0.717) is 17.2 Å². The largest absolute Gasteiger partial charge is 0.493 e. The summed E-state index contributed by atoms with van der Waals surface area (Å²) in [5.74, 6) is -0.178. The maximum absolute atomic E-state index is 5.53. The molecule has 7 heteroatoms. The van der Waals surface area contributed by atoms with E-state index in [2.05, 4.69) is 31.3 Å². The van der Waals surface area contributed by atoms with E-state index >= 15 is 0 Å². The Hall–Kier alpha value is -1.41. The fourth-order valence-corrected chi connectivity index (χ4v) is 3.21. The van der Waals surface area contributed by atoms with Crippen molar-refractivity contribution in [3.8, 4) is 11.5 Å². The van der Waals surface area contributed by atoms with Crippen LogP contribution >= 0.6 is 0 Å². The zero-order valence-corrected chi connectivity index (χ0v) is 16.9. The molecular formula is C18H26NO5Si. The van der Waals surface area contributed by atoms with E-state index in [9.17, 15) is 0 Å². The van der Waals surface area contributed by atoms with Crippen molar-refractivity contribution in [1.29, 1.82) is 0 Å². The fraction of sp³-hybridized carbons (Fsp3) is 0.611. The van der Waals surface area contributed by atoms with Gasteiger partial charge in [-0.1, -0.05) is 20.8 Å². The molecule has 0 N–H and O–H groups in total. The van der Waals surface area contributed by atoms with Gasteiger partial charge in [-0.3, -0.25) is 4.99 Å². The second-order valence-electron chi connectivity index (χ2n) is 6.99. The van der Waals surface area contributed by atoms with Crippen molar-refractivity contribution >= 4 is 16.2 Å². The molecule has 1 aromatic rings. The third-order valence-corrected chi connectivity index (χ3v) is 4.79. The molecule has 6 nitrogen and oxygen atoms in total. The van der Waals surface area contributed by atoms with Crippen molar-refractivity contribution in [2.24, 2.45) is 10.4 Å². The summed E-state index contributed by atoms with van der Waals surface area (Å²) < 4.78 is 27.3. The Kier molecular flexibility index (Phi) is 5.93. The number of nitrogens with zero attached hydrogens (tertiary/aromatic N) is 1. The van der Waals surface area contributed by atoms with Crippen LogP contribution in [0.1, 0.15) is 31.9 Å². The van der Waals surface area contributed by atoms with E-state index in [0.717, 1.165) is 17.5 Å². The molecule has 1 aliphatic rings. The maximum atomic E-state index is 5.53. The van der Waals surface area contributed by atoms with Gasteiger partial charge in [0.15, 0.2) is 11.5 Å². The van der Waals surface area contributed by atoms with Gasteiger partial charge in [0, 0.05) is 19.8 Å². The molecule has 1 aromatic carbocycles. The van der Waals surface area contributed by atoms with E-state index < -0.39 is 5.97 Å². The average molecular weight is 364 g/mol. The molecule has 1 atom stereocenters. The summed E-state index contributed by atoms with van der Waals surface area (Å²) >= 11 is 0. The number of ether oxygens (including phenoxy) is 4. The second kappa shape index (κ2) is 7.45. The predicted molar refractivity (Wildman–Crippen MR) is 96.6 cm³/mol. The minimum absolute atomic E-state index is 0.0274. The smallest absolute Gasteiger partial charge is 0.319 e. The fourth-order valence-electron chi connectivity index (χ4n) is 2.94. The number of aliphatic imine (C=N–C) groups is 1. The molecule has 0 saturated carbocycles. The first kappa shape index (κ1) is 19.9. The van der Waals surface area contributed by atoms with Gasteiger partial charge in [0.05, 0.1) is 20.3 Å². The highest BCUT2D eigenvalue weighted by Crippen LogP contribution is 2.39. The molecule has 137 valence electrons. The first-order valence-electron chi connectivity index (χ1n) is 8.04. The molecule has 0 spiro atoms. The molecule has 0 aromatic heterocycles. The summed E-state index contributed by atoms with van der Waals surface area (Å²) in [5, 5.41) is 0. The van der Waals surface area contributed by atoms with E-state index in [1.165, 1.54) is 14.2 Å². The Morgan fingerprint density at radius 2 is 1.56 bits per heavy atom. The van der Waals surface area contributed by atoms with Crippen LogP contribution in [0, 0.1) is 5.41 Å². The zero-order valence-electron chi connectivity index (χ0n) is 15.9. The summed E-state index contributed by atoms with van der Waals surface area (Å²) in [6.45, 7) is 6.46. The van der Waals surface area contributed by atoms with E-state index in [1.807, 2.05) is 12.1 Å². The number of benzene rings is 1. The topological polar surface area (TPSA) is 58.5 Å². The number of hydrogen-bond donors (Lipinski definition) is 0. The van der Waals surface area contributed by atoms with Gasteiger partial charge in [0.25, 0.3) is 10.5 Å². The third kappa shape index (κ3) is 3.60. The summed E-state index contributed by atoms with van der Waals surface area (Å²) in [6.07, 6.45) is 0.772. The van der Waals surface area contributed by atoms with Gasteiger partial charge < -0.3 is 23.4 Å². The molecule has 1 heterocycles. The molecule has 3 radical (unpaired) electrons. The summed E-state index contributed by atoms with van der Waals surface area (Å²) in [7, 11) is 9.32. The van der Waals surface area contributed by atoms with Gasteiger partial charge in [-0.2, -0.15) is 0 Å². The summed E-state index contributed by atoms with van der Waals surface area (Å²) in [5.41, 5.74) is 2.43. The van der Waals surface area contributed by atoms with Crippen LogP contribution < -0.4 is 9.47 Å². The molecule has 25 heavy (non-hydrogen) atoms. The number of rotatable bonds is 6. The average Bonchev–Trinajstić information content (AvgIpc) is 2.61. The maximum Gasteiger partial charge on any atom is 0.319 e. The van der Waals surface area contributed by atoms with Crippen LogP contribution in [0.5, 0.6) is 11.5 Å². The molecule has 0 aliphatic carbocycles. The monoisotopic (exact) mass is 364 g/mol. The minimum Gasteiger partial charge on any atom is -0.493 e. The van der Waals surface area contributed by atoms with Crippen molar-refractivity contribution in [2.75, 3.05) is 28.4 Å². The lowest BCUT2D eigenvalue weighted by Crippen LogP contribution is -2.48. The standard InChI is InChI=1S/C18H26NO5Si/c1-17(2,3)15-9-11-8-13(20-4)14(21-5)10-12(11)16(19-15)18(22-6,23-7)24-25/h8,10,15H,9H2,1-7H3/t15-/m0/s1. The van der Waals surface area contributed by atoms with Crippen molar-refractivity contribution < 1.29 is 23.4 Å². The summed E-state index contributed by atoms with van der Waals surface area (Å²) in [4.78, 5) is 4.92. The van der Waals surface area contributed by atoms with Crippen LogP contribution in [-0.2, 0) is 20.3 Å². The highest BCUT2D eigenvalue weighted by molar-refractivity contribution is 6.10. The Bertz CT molecular complexity index is 641. The Morgan fingerprint density at radius 1 is 1.00 bits per heavy atom. The van der Waals surface area contributed by atoms with E-state index in [-0.39, 0.29) is 11.5 Å². The van der Waals surface area contributed by atoms with Crippen LogP contribution in [0.15, 0.2) is 17.1 Å². The molecule has 0 bridgehead atoms. The van der Waals surface area contributed by atoms with Gasteiger partial charge in [-0.05, 0) is 29.5 Å². The van der Waals surface area contributed by atoms with Crippen LogP contribution in [0.4, 0.5) is 0 Å². The third-order valence-electron chi connectivity index (χ3n) is 4.52. The number of hydrogen-bond acceptors (Lipinski definition) is 6. The second-order valence-corrected chi connectivity index (χ2v) is 7.20. The van der Waals surface area contributed by atoms with Crippen LogP contribution in [0.3, 0.4) is 0 Å². The Morgan fingerprint density at radius 3 is 2.00 bits per heavy atom. The highest BCUT2D eigenvalue weighted by Gasteiger charge is 2.43. The molecule has 0 amide bonds. The lowest BCUT2D eigenvalue weighted by molar-refractivity contribution is -0.270. The van der Waals surface area contributed by atoms with E-state index in [4.69, 9.17) is 28.4 Å². The van der Waals surface area contributed by atoms with E-state index in [1.54, 1.807) is 14.2 Å². The molecule has 0 saturated heterocycles. The molecule has 0 unspecified atom stereocenters. The van der Waals surface area contributed by atoms with Crippen LogP contribution in [-0.4, -0.2) is 56.7 Å². The van der Waals surface area contributed by atoms with Gasteiger partial charge in [0.1, 0.15) is 5.71 Å². The normalized spacial score (nSPS) is 17.8. The van der Waals surface area contributed by atoms with Gasteiger partial charge in [-0.25, -0.2) is 0 Å². The first-order valence-corrected chi connectivity index (χ1v) is 8.45. The number of fused-ring (bicyclic) bond motifs is 1. The predicted octanol–water partition coefficient (Wildman–Crippen LogP) is 2.51. The van der Waals surface area contributed by atoms with Crippen molar-refractivity contribution in [3.05, 3.63) is 23.3 Å². The van der Waals surface area contributed by atoms with Gasteiger partial charge in [-0.15, -0.1) is 0 Å². The molecular weight excluding hydrogens is 338 g/mol. The van der Waals surface area contributed by atoms with Crippen LogP contribution in [0.2, 0.25) is 0 Å². The quantitative estimate of drug-likeness (QED) is 0.573. The number of methoxy groups -OCH3 is 4. The van der Waals surface area contributed by atoms with Crippen LogP contribution in [0.25, 0.3) is 0 Å². The van der Waals surface area contributed by atoms with Gasteiger partial charge >= 0.3 is 5.97 Å². The highest BCUT2D eigenvalue weighted by atomic mass is 28.2.